The van der Waals surface area contributed by atoms with E-state index < -0.39 is 0 Å². The van der Waals surface area contributed by atoms with Crippen LogP contribution >= 0.6 is 0 Å². The van der Waals surface area contributed by atoms with E-state index in [1.54, 1.807) is 30.3 Å². The Kier molecular flexibility index (Phi) is 2.50. The summed E-state index contributed by atoms with van der Waals surface area (Å²) in [5, 5.41) is 0. The maximum Gasteiger partial charge on any atom is 0.266 e. The first-order valence-corrected chi connectivity index (χ1v) is 6.13. The summed E-state index contributed by atoms with van der Waals surface area (Å²) in [5.41, 5.74) is 14.5. The Hall–Kier alpha value is -2.82. The molecule has 5 heteroatoms. The molecule has 0 bridgehead atoms. The van der Waals surface area contributed by atoms with Crippen molar-refractivity contribution in [2.75, 3.05) is 16.4 Å². The Balaban J connectivity index is 2.11. The summed E-state index contributed by atoms with van der Waals surface area (Å²) in [6, 6.07) is 9.78. The number of hydrogen-bond acceptors (Lipinski definition) is 4. The molecule has 1 heterocycles. The second kappa shape index (κ2) is 4.09. The Bertz CT molecular complexity index is 753. The van der Waals surface area contributed by atoms with Gasteiger partial charge in [0.1, 0.15) is 0 Å². The van der Waals surface area contributed by atoms with Crippen molar-refractivity contribution in [3.05, 3.63) is 53.1 Å². The zero-order valence-electron chi connectivity index (χ0n) is 10.9. The van der Waals surface area contributed by atoms with Gasteiger partial charge in [0.15, 0.2) is 0 Å². The molecule has 100 valence electrons. The molecule has 0 fully saturated rings. The highest BCUT2D eigenvalue weighted by Gasteiger charge is 2.36. The lowest BCUT2D eigenvalue weighted by molar-refractivity contribution is 0.0926. The summed E-state index contributed by atoms with van der Waals surface area (Å²) in [6.45, 7) is 1.83. The molecule has 3 rings (SSSR count). The van der Waals surface area contributed by atoms with Gasteiger partial charge in [0.05, 0.1) is 16.8 Å². The van der Waals surface area contributed by atoms with E-state index in [1.807, 2.05) is 6.92 Å². The van der Waals surface area contributed by atoms with Crippen molar-refractivity contribution >= 4 is 28.9 Å². The van der Waals surface area contributed by atoms with E-state index in [1.165, 1.54) is 6.07 Å². The number of fused-ring (bicyclic) bond motifs is 1. The molecule has 1 aliphatic rings. The average Bonchev–Trinajstić information content (AvgIpc) is 2.65. The third-order valence-electron chi connectivity index (χ3n) is 3.42. The van der Waals surface area contributed by atoms with Gasteiger partial charge in [-0.2, -0.15) is 0 Å². The summed E-state index contributed by atoms with van der Waals surface area (Å²) < 4.78 is 0. The number of nitrogens with two attached hydrogens (primary N) is 2. The summed E-state index contributed by atoms with van der Waals surface area (Å²) in [6.07, 6.45) is 0. The van der Waals surface area contributed by atoms with Gasteiger partial charge in [0, 0.05) is 11.4 Å². The van der Waals surface area contributed by atoms with E-state index in [9.17, 15) is 9.59 Å². The number of rotatable bonds is 1. The molecule has 4 N–H and O–H groups in total. The van der Waals surface area contributed by atoms with Crippen LogP contribution in [0.4, 0.5) is 17.1 Å². The van der Waals surface area contributed by atoms with E-state index in [2.05, 4.69) is 0 Å². The third kappa shape index (κ3) is 1.64. The first-order chi connectivity index (χ1) is 9.49. The first-order valence-electron chi connectivity index (χ1n) is 6.13. The molecule has 0 unspecified atom stereocenters. The third-order valence-corrected chi connectivity index (χ3v) is 3.42. The number of anilines is 3. The minimum atomic E-state index is -0.360. The number of amides is 2. The Morgan fingerprint density at radius 1 is 0.900 bits per heavy atom. The number of aryl methyl sites for hydroxylation is 1. The molecule has 5 nitrogen and oxygen atoms in total. The predicted octanol–water partition coefficient (Wildman–Crippen LogP) is 1.96. The number of carbonyl (C=O) groups excluding carboxylic acids is 2. The average molecular weight is 267 g/mol. The predicted molar refractivity (Wildman–Crippen MR) is 77.6 cm³/mol. The number of imide groups is 1. The zero-order chi connectivity index (χ0) is 14.4. The van der Waals surface area contributed by atoms with Crippen LogP contribution in [-0.4, -0.2) is 11.8 Å². The van der Waals surface area contributed by atoms with Gasteiger partial charge in [0.25, 0.3) is 11.8 Å². The highest BCUT2D eigenvalue weighted by atomic mass is 16.2. The molecule has 0 saturated heterocycles. The number of nitrogens with zero attached hydrogens (tertiary/aromatic N) is 1. The van der Waals surface area contributed by atoms with Crippen LogP contribution < -0.4 is 16.4 Å². The number of benzene rings is 2. The van der Waals surface area contributed by atoms with Crippen LogP contribution in [-0.2, 0) is 0 Å². The lowest BCUT2D eigenvalue weighted by atomic mass is 10.1. The van der Waals surface area contributed by atoms with Gasteiger partial charge >= 0.3 is 0 Å². The summed E-state index contributed by atoms with van der Waals surface area (Å²) >= 11 is 0. The molecule has 2 amide bonds. The molecule has 2 aromatic rings. The van der Waals surface area contributed by atoms with Crippen molar-refractivity contribution in [2.24, 2.45) is 0 Å². The second-order valence-corrected chi connectivity index (χ2v) is 4.79. The van der Waals surface area contributed by atoms with Crippen LogP contribution in [0, 0.1) is 6.92 Å². The molecule has 0 aromatic heterocycles. The van der Waals surface area contributed by atoms with Crippen LogP contribution in [0.5, 0.6) is 0 Å². The van der Waals surface area contributed by atoms with Crippen molar-refractivity contribution < 1.29 is 9.59 Å². The van der Waals surface area contributed by atoms with E-state index in [-0.39, 0.29) is 11.8 Å². The van der Waals surface area contributed by atoms with Gasteiger partial charge in [-0.15, -0.1) is 0 Å². The van der Waals surface area contributed by atoms with E-state index in [0.717, 1.165) is 10.5 Å². The molecule has 2 aromatic carbocycles. The van der Waals surface area contributed by atoms with Crippen LogP contribution in [0.2, 0.25) is 0 Å². The van der Waals surface area contributed by atoms with Gasteiger partial charge in [-0.25, -0.2) is 4.90 Å². The van der Waals surface area contributed by atoms with E-state index >= 15 is 0 Å². The van der Waals surface area contributed by atoms with Crippen LogP contribution in [0.25, 0.3) is 0 Å². The summed E-state index contributed by atoms with van der Waals surface area (Å²) in [5.74, 6) is -0.698. The Morgan fingerprint density at radius 2 is 1.60 bits per heavy atom. The SMILES string of the molecule is Cc1cc(N2C(=O)c3ccc(N)cc3C2=O)ccc1N. The standard InChI is InChI=1S/C15H13N3O2/c1-8-6-10(3-5-13(8)17)18-14(19)11-4-2-9(16)7-12(11)15(18)20/h2-7H,16-17H2,1H3. The second-order valence-electron chi connectivity index (χ2n) is 4.79. The van der Waals surface area contributed by atoms with Gasteiger partial charge < -0.3 is 11.5 Å². The van der Waals surface area contributed by atoms with Crippen molar-refractivity contribution in [1.29, 1.82) is 0 Å². The Morgan fingerprint density at radius 3 is 2.30 bits per heavy atom. The van der Waals surface area contributed by atoms with E-state index in [0.29, 0.717) is 28.2 Å². The minimum Gasteiger partial charge on any atom is -0.399 e. The van der Waals surface area contributed by atoms with Gasteiger partial charge in [-0.1, -0.05) is 0 Å². The van der Waals surface area contributed by atoms with Gasteiger partial charge in [0.2, 0.25) is 0 Å². The first kappa shape index (κ1) is 12.2. The van der Waals surface area contributed by atoms with Gasteiger partial charge in [-0.05, 0) is 48.9 Å². The lowest BCUT2D eigenvalue weighted by Gasteiger charge is -2.15. The molecule has 0 spiro atoms. The highest BCUT2D eigenvalue weighted by Crippen LogP contribution is 2.30. The quantitative estimate of drug-likeness (QED) is 0.610. The monoisotopic (exact) mass is 267 g/mol. The van der Waals surface area contributed by atoms with Crippen molar-refractivity contribution in [3.8, 4) is 0 Å². The highest BCUT2D eigenvalue weighted by molar-refractivity contribution is 6.34. The zero-order valence-corrected chi connectivity index (χ0v) is 10.9. The smallest absolute Gasteiger partial charge is 0.266 e. The normalized spacial score (nSPS) is 13.8. The molecule has 0 radical (unpaired) electrons. The molecule has 0 atom stereocenters. The number of carbonyl (C=O) groups is 2. The topological polar surface area (TPSA) is 89.4 Å². The van der Waals surface area contributed by atoms with Gasteiger partial charge in [-0.3, -0.25) is 9.59 Å². The maximum absolute atomic E-state index is 12.4. The number of hydrogen-bond donors (Lipinski definition) is 2. The van der Waals surface area contributed by atoms with Crippen LogP contribution in [0.3, 0.4) is 0 Å². The molecule has 1 aliphatic heterocycles. The fourth-order valence-electron chi connectivity index (χ4n) is 2.29. The molecule has 0 aliphatic carbocycles. The molecule has 20 heavy (non-hydrogen) atoms. The largest absolute Gasteiger partial charge is 0.399 e. The molecular weight excluding hydrogens is 254 g/mol. The fourth-order valence-corrected chi connectivity index (χ4v) is 2.29. The van der Waals surface area contributed by atoms with Crippen LogP contribution in [0.15, 0.2) is 36.4 Å². The maximum atomic E-state index is 12.4. The summed E-state index contributed by atoms with van der Waals surface area (Å²) in [7, 11) is 0. The van der Waals surface area contributed by atoms with Crippen molar-refractivity contribution in [3.63, 3.8) is 0 Å². The fraction of sp³-hybridized carbons (Fsp3) is 0.0667. The minimum absolute atomic E-state index is 0.337. The van der Waals surface area contributed by atoms with Crippen LogP contribution in [0.1, 0.15) is 26.3 Å². The number of nitrogen functional groups attached to an aromatic ring is 2. The summed E-state index contributed by atoms with van der Waals surface area (Å²) in [4.78, 5) is 25.9. The molecular formula is C15H13N3O2. The Labute approximate surface area is 115 Å². The lowest BCUT2D eigenvalue weighted by Crippen LogP contribution is -2.29. The van der Waals surface area contributed by atoms with E-state index in [4.69, 9.17) is 11.5 Å². The van der Waals surface area contributed by atoms with Crippen molar-refractivity contribution in [2.45, 2.75) is 6.92 Å². The molecule has 0 saturated carbocycles. The van der Waals surface area contributed by atoms with Crippen molar-refractivity contribution in [1.82, 2.24) is 0 Å².